The predicted molar refractivity (Wildman–Crippen MR) is 84.6 cm³/mol. The van der Waals surface area contributed by atoms with Crippen LogP contribution in [0.25, 0.3) is 0 Å². The van der Waals surface area contributed by atoms with Crippen molar-refractivity contribution in [2.45, 2.75) is 10.9 Å². The molecule has 4 heteroatoms. The molecule has 3 rings (SSSR count). The number of para-hydroxylation sites is 1. The van der Waals surface area contributed by atoms with Crippen molar-refractivity contribution in [3.05, 3.63) is 60.2 Å². The van der Waals surface area contributed by atoms with Gasteiger partial charge in [-0.15, -0.1) is 23.4 Å². The number of halogens is 1. The van der Waals surface area contributed by atoms with Crippen molar-refractivity contribution in [1.29, 1.82) is 0 Å². The number of carbonyl (C=O) groups excluding carboxylic acids is 1. The molecule has 1 aliphatic heterocycles. The molecule has 2 aromatic carbocycles. The van der Waals surface area contributed by atoms with Gasteiger partial charge in [0.2, 0.25) is 5.91 Å². The molecular weight excluding hydrogens is 290 g/mol. The van der Waals surface area contributed by atoms with E-state index in [2.05, 4.69) is 18.2 Å². The van der Waals surface area contributed by atoms with Crippen molar-refractivity contribution in [2.24, 2.45) is 0 Å². The molecule has 0 spiro atoms. The smallest absolute Gasteiger partial charge is 0.242 e. The van der Waals surface area contributed by atoms with E-state index >= 15 is 0 Å². The van der Waals surface area contributed by atoms with Gasteiger partial charge in [-0.2, -0.15) is 0 Å². The highest BCUT2D eigenvalue weighted by atomic mass is 35.5. The third-order valence-electron chi connectivity index (χ3n) is 3.40. The van der Waals surface area contributed by atoms with Crippen LogP contribution in [0.5, 0.6) is 0 Å². The third kappa shape index (κ3) is 2.43. The van der Waals surface area contributed by atoms with Crippen LogP contribution in [0.1, 0.15) is 11.6 Å². The number of amides is 1. The van der Waals surface area contributed by atoms with Crippen LogP contribution in [0, 0.1) is 0 Å². The van der Waals surface area contributed by atoms with Gasteiger partial charge in [-0.1, -0.05) is 42.5 Å². The molecule has 0 N–H and O–H groups in total. The zero-order valence-electron chi connectivity index (χ0n) is 10.8. The van der Waals surface area contributed by atoms with E-state index in [4.69, 9.17) is 11.6 Å². The number of hydrogen-bond donors (Lipinski definition) is 0. The van der Waals surface area contributed by atoms with Crippen molar-refractivity contribution in [3.63, 3.8) is 0 Å². The average Bonchev–Trinajstić information content (AvgIpc) is 2.54. The fourth-order valence-corrected chi connectivity index (χ4v) is 3.78. The van der Waals surface area contributed by atoms with Crippen molar-refractivity contribution in [1.82, 2.24) is 0 Å². The van der Waals surface area contributed by atoms with E-state index in [1.165, 1.54) is 0 Å². The molecule has 0 fully saturated rings. The monoisotopic (exact) mass is 303 g/mol. The second-order valence-electron chi connectivity index (χ2n) is 4.60. The Bertz CT molecular complexity index is 617. The number of rotatable bonds is 2. The van der Waals surface area contributed by atoms with Gasteiger partial charge in [0.15, 0.2) is 0 Å². The van der Waals surface area contributed by atoms with Crippen LogP contribution < -0.4 is 4.90 Å². The minimum absolute atomic E-state index is 0.00232. The van der Waals surface area contributed by atoms with Crippen LogP contribution in [0.3, 0.4) is 0 Å². The van der Waals surface area contributed by atoms with Crippen LogP contribution in [0.15, 0.2) is 59.5 Å². The van der Waals surface area contributed by atoms with E-state index in [-0.39, 0.29) is 17.8 Å². The van der Waals surface area contributed by atoms with Gasteiger partial charge in [-0.25, -0.2) is 0 Å². The molecule has 0 saturated heterocycles. The summed E-state index contributed by atoms with van der Waals surface area (Å²) in [5.74, 6) is 0.805. The van der Waals surface area contributed by atoms with Gasteiger partial charge >= 0.3 is 0 Å². The zero-order valence-corrected chi connectivity index (χ0v) is 12.4. The Labute approximate surface area is 127 Å². The molecule has 0 bridgehead atoms. The first-order chi connectivity index (χ1) is 9.81. The maximum atomic E-state index is 12.3. The summed E-state index contributed by atoms with van der Waals surface area (Å²) >= 11 is 7.59. The van der Waals surface area contributed by atoms with E-state index in [1.54, 1.807) is 11.8 Å². The van der Waals surface area contributed by atoms with Crippen molar-refractivity contribution in [3.8, 4) is 0 Å². The first-order valence-electron chi connectivity index (χ1n) is 6.46. The molecule has 1 atom stereocenters. The van der Waals surface area contributed by atoms with Crippen molar-refractivity contribution >= 4 is 35.0 Å². The maximum Gasteiger partial charge on any atom is 0.242 e. The minimum atomic E-state index is -0.0479. The van der Waals surface area contributed by atoms with E-state index in [1.807, 2.05) is 41.3 Å². The number of nitrogens with zero attached hydrogens (tertiary/aromatic N) is 1. The molecule has 1 amide bonds. The van der Waals surface area contributed by atoms with Gasteiger partial charge in [-0.05, 0) is 17.7 Å². The highest BCUT2D eigenvalue weighted by molar-refractivity contribution is 7.99. The Morgan fingerprint density at radius 3 is 2.60 bits per heavy atom. The third-order valence-corrected chi connectivity index (χ3v) is 4.77. The average molecular weight is 304 g/mol. The Hall–Kier alpha value is -1.45. The van der Waals surface area contributed by atoms with E-state index < -0.39 is 0 Å². The van der Waals surface area contributed by atoms with Gasteiger partial charge in [0, 0.05) is 10.6 Å². The zero-order chi connectivity index (χ0) is 13.9. The number of hydrogen-bond acceptors (Lipinski definition) is 2. The molecule has 0 aromatic heterocycles. The molecule has 0 aliphatic carbocycles. The number of thioether (sulfide) groups is 1. The molecular formula is C16H14ClNOS. The largest absolute Gasteiger partial charge is 0.302 e. The molecule has 2 nitrogen and oxygen atoms in total. The molecule has 1 aliphatic rings. The SMILES string of the molecule is O=C(CCl)N1c2ccccc2SC[C@@H]1c1ccccc1. The summed E-state index contributed by atoms with van der Waals surface area (Å²) in [7, 11) is 0. The Balaban J connectivity index is 2.06. The second-order valence-corrected chi connectivity index (χ2v) is 5.93. The first kappa shape index (κ1) is 13.5. The van der Waals surface area contributed by atoms with Crippen molar-refractivity contribution in [2.75, 3.05) is 16.5 Å². The molecule has 0 saturated carbocycles. The van der Waals surface area contributed by atoms with Gasteiger partial charge in [0.25, 0.3) is 0 Å². The summed E-state index contributed by atoms with van der Waals surface area (Å²) in [6.45, 7) is 0. The van der Waals surface area contributed by atoms with Crippen LogP contribution >= 0.6 is 23.4 Å². The van der Waals surface area contributed by atoms with Crippen molar-refractivity contribution < 1.29 is 4.79 Å². The summed E-state index contributed by atoms with van der Waals surface area (Å²) in [6.07, 6.45) is 0. The van der Waals surface area contributed by atoms with Gasteiger partial charge in [0.05, 0.1) is 11.7 Å². The van der Waals surface area contributed by atoms with Gasteiger partial charge in [0.1, 0.15) is 5.88 Å². The van der Waals surface area contributed by atoms with Crippen LogP contribution in [-0.4, -0.2) is 17.5 Å². The standard InChI is InChI=1S/C16H14ClNOS/c17-10-16(19)18-13-8-4-5-9-15(13)20-11-14(18)12-6-2-1-3-7-12/h1-9,14H,10-11H2/t14-/m1/s1. The van der Waals surface area contributed by atoms with E-state index in [0.717, 1.165) is 21.9 Å². The number of anilines is 1. The molecule has 0 radical (unpaired) electrons. The lowest BCUT2D eigenvalue weighted by atomic mass is 10.1. The van der Waals surface area contributed by atoms with Gasteiger partial charge in [-0.3, -0.25) is 4.79 Å². The normalized spacial score (nSPS) is 17.6. The first-order valence-corrected chi connectivity index (χ1v) is 7.98. The topological polar surface area (TPSA) is 20.3 Å². The predicted octanol–water partition coefficient (Wildman–Crippen LogP) is 4.11. The summed E-state index contributed by atoms with van der Waals surface area (Å²) in [4.78, 5) is 15.3. The lowest BCUT2D eigenvalue weighted by Gasteiger charge is -2.36. The molecule has 0 unspecified atom stereocenters. The number of alkyl halides is 1. The van der Waals surface area contributed by atoms with E-state index in [0.29, 0.717) is 0 Å². The quantitative estimate of drug-likeness (QED) is 0.778. The molecule has 2 aromatic rings. The van der Waals surface area contributed by atoms with Crippen LogP contribution in [0.4, 0.5) is 5.69 Å². The lowest BCUT2D eigenvalue weighted by molar-refractivity contribution is -0.116. The fourth-order valence-electron chi connectivity index (χ4n) is 2.48. The highest BCUT2D eigenvalue weighted by Gasteiger charge is 2.31. The number of benzene rings is 2. The summed E-state index contributed by atoms with van der Waals surface area (Å²) in [5, 5.41) is 0. The molecule has 1 heterocycles. The summed E-state index contributed by atoms with van der Waals surface area (Å²) < 4.78 is 0. The van der Waals surface area contributed by atoms with Crippen LogP contribution in [0.2, 0.25) is 0 Å². The Morgan fingerprint density at radius 1 is 1.15 bits per heavy atom. The fraction of sp³-hybridized carbons (Fsp3) is 0.188. The second kappa shape index (κ2) is 5.90. The van der Waals surface area contributed by atoms with Gasteiger partial charge < -0.3 is 4.90 Å². The Morgan fingerprint density at radius 2 is 1.85 bits per heavy atom. The van der Waals surface area contributed by atoms with E-state index in [9.17, 15) is 4.79 Å². The lowest BCUT2D eigenvalue weighted by Crippen LogP contribution is -2.39. The Kier molecular flexibility index (Phi) is 3.99. The maximum absolute atomic E-state index is 12.3. The molecule has 102 valence electrons. The number of carbonyl (C=O) groups is 1. The summed E-state index contributed by atoms with van der Waals surface area (Å²) in [6, 6.07) is 18.2. The molecule has 20 heavy (non-hydrogen) atoms. The number of fused-ring (bicyclic) bond motifs is 1. The summed E-state index contributed by atoms with van der Waals surface area (Å²) in [5.41, 5.74) is 2.11. The highest BCUT2D eigenvalue weighted by Crippen LogP contribution is 2.43. The minimum Gasteiger partial charge on any atom is -0.302 e. The van der Waals surface area contributed by atoms with Crippen LogP contribution in [-0.2, 0) is 4.79 Å².